The number of urea groups is 1. The van der Waals surface area contributed by atoms with Crippen LogP contribution in [-0.4, -0.2) is 42.2 Å². The molecule has 0 saturated carbocycles. The van der Waals surface area contributed by atoms with Gasteiger partial charge in [-0.3, -0.25) is 9.69 Å². The first-order chi connectivity index (χ1) is 14.9. The first-order valence-electron chi connectivity index (χ1n) is 9.55. The first-order valence-corrected chi connectivity index (χ1v) is 10.8. The van der Waals surface area contributed by atoms with Crippen LogP contribution in [0.1, 0.15) is 17.2 Å². The molecule has 2 aliphatic rings. The third-order valence-electron chi connectivity index (χ3n) is 5.20. The summed E-state index contributed by atoms with van der Waals surface area (Å²) in [5.74, 6) is -1.49. The standard InChI is InChI=1S/C22H20FN3O4S/c1-12-3-6-14(9-16(12)23)24-18(27)10-26-17-11-30-21(28)19(17)20(25-22(26)29)13-4-7-15(31-2)8-5-13/h3-9,20H,10-11H2,1-2H3,(H,24,27)(H,25,29)/t20-/m1/s1. The number of carbonyl (C=O) groups is 3. The maximum atomic E-state index is 13.7. The number of cyclic esters (lactones) is 1. The molecular formula is C22H20FN3O4S. The lowest BCUT2D eigenvalue weighted by Crippen LogP contribution is -2.49. The van der Waals surface area contributed by atoms with Crippen LogP contribution in [0.3, 0.4) is 0 Å². The van der Waals surface area contributed by atoms with Gasteiger partial charge >= 0.3 is 12.0 Å². The van der Waals surface area contributed by atoms with Crippen molar-refractivity contribution in [1.29, 1.82) is 0 Å². The van der Waals surface area contributed by atoms with Gasteiger partial charge in [0.2, 0.25) is 5.91 Å². The van der Waals surface area contributed by atoms with E-state index in [1.54, 1.807) is 30.8 Å². The summed E-state index contributed by atoms with van der Waals surface area (Å²) in [6, 6.07) is 10.7. The Bertz CT molecular complexity index is 1100. The number of anilines is 1. The van der Waals surface area contributed by atoms with E-state index in [1.807, 2.05) is 30.5 Å². The molecule has 9 heteroatoms. The fourth-order valence-electron chi connectivity index (χ4n) is 3.54. The van der Waals surface area contributed by atoms with E-state index in [1.165, 1.54) is 11.0 Å². The van der Waals surface area contributed by atoms with Crippen molar-refractivity contribution < 1.29 is 23.5 Å². The molecule has 2 aliphatic heterocycles. The quantitative estimate of drug-likeness (QED) is 0.549. The highest BCUT2D eigenvalue weighted by Gasteiger charge is 2.42. The van der Waals surface area contributed by atoms with E-state index in [4.69, 9.17) is 4.74 Å². The molecule has 7 nitrogen and oxygen atoms in total. The molecular weight excluding hydrogens is 421 g/mol. The fourth-order valence-corrected chi connectivity index (χ4v) is 3.95. The van der Waals surface area contributed by atoms with Gasteiger partial charge in [0.05, 0.1) is 17.3 Å². The van der Waals surface area contributed by atoms with Crippen LogP contribution in [0.5, 0.6) is 0 Å². The van der Waals surface area contributed by atoms with Crippen LogP contribution >= 0.6 is 11.8 Å². The average Bonchev–Trinajstić information content (AvgIpc) is 3.14. The maximum Gasteiger partial charge on any atom is 0.338 e. The van der Waals surface area contributed by atoms with E-state index in [2.05, 4.69) is 10.6 Å². The third kappa shape index (κ3) is 4.13. The number of thioether (sulfide) groups is 1. The van der Waals surface area contributed by atoms with Crippen LogP contribution in [0.25, 0.3) is 0 Å². The summed E-state index contributed by atoms with van der Waals surface area (Å²) in [6.45, 7) is 1.19. The molecule has 2 aromatic carbocycles. The first kappa shape index (κ1) is 20.9. The molecule has 3 amide bonds. The monoisotopic (exact) mass is 441 g/mol. The Kier molecular flexibility index (Phi) is 5.69. The number of hydrogen-bond donors (Lipinski definition) is 2. The summed E-state index contributed by atoms with van der Waals surface area (Å²) in [4.78, 5) is 40.0. The second kappa shape index (κ2) is 8.43. The van der Waals surface area contributed by atoms with Crippen LogP contribution in [0.15, 0.2) is 58.6 Å². The minimum absolute atomic E-state index is 0.0899. The van der Waals surface area contributed by atoms with Gasteiger partial charge in [-0.25, -0.2) is 14.0 Å². The van der Waals surface area contributed by atoms with E-state index in [0.29, 0.717) is 16.8 Å². The minimum atomic E-state index is -0.654. The second-order valence-electron chi connectivity index (χ2n) is 7.19. The Hall–Kier alpha value is -3.33. The highest BCUT2D eigenvalue weighted by molar-refractivity contribution is 7.98. The maximum absolute atomic E-state index is 13.7. The lowest BCUT2D eigenvalue weighted by Gasteiger charge is -2.32. The summed E-state index contributed by atoms with van der Waals surface area (Å²) in [5.41, 5.74) is 2.16. The van der Waals surface area contributed by atoms with Gasteiger partial charge in [-0.1, -0.05) is 18.2 Å². The number of halogens is 1. The number of carbonyl (C=O) groups excluding carboxylic acids is 3. The Morgan fingerprint density at radius 2 is 2.00 bits per heavy atom. The van der Waals surface area contributed by atoms with Gasteiger partial charge in [0.25, 0.3) is 0 Å². The number of nitrogens with one attached hydrogen (secondary N) is 2. The molecule has 0 radical (unpaired) electrons. The van der Waals surface area contributed by atoms with Gasteiger partial charge in [-0.15, -0.1) is 11.8 Å². The molecule has 2 heterocycles. The predicted octanol–water partition coefficient (Wildman–Crippen LogP) is 3.37. The largest absolute Gasteiger partial charge is 0.456 e. The van der Waals surface area contributed by atoms with E-state index in [0.717, 1.165) is 10.5 Å². The zero-order valence-corrected chi connectivity index (χ0v) is 17.7. The van der Waals surface area contributed by atoms with Crippen LogP contribution in [-0.2, 0) is 14.3 Å². The zero-order valence-electron chi connectivity index (χ0n) is 16.9. The lowest BCUT2D eigenvalue weighted by molar-refractivity contribution is -0.136. The van der Waals surface area contributed by atoms with Crippen molar-refractivity contribution in [3.05, 3.63) is 70.7 Å². The Balaban J connectivity index is 1.57. The number of nitrogens with zero attached hydrogens (tertiary/aromatic N) is 1. The van der Waals surface area contributed by atoms with Gasteiger partial charge in [-0.05, 0) is 48.6 Å². The summed E-state index contributed by atoms with van der Waals surface area (Å²) in [7, 11) is 0. The topological polar surface area (TPSA) is 87.7 Å². The van der Waals surface area contributed by atoms with E-state index >= 15 is 0 Å². The number of amides is 3. The summed E-state index contributed by atoms with van der Waals surface area (Å²) >= 11 is 1.59. The second-order valence-corrected chi connectivity index (χ2v) is 8.07. The average molecular weight is 441 g/mol. The highest BCUT2D eigenvalue weighted by atomic mass is 32.2. The predicted molar refractivity (Wildman–Crippen MR) is 114 cm³/mol. The molecule has 160 valence electrons. The number of esters is 1. The van der Waals surface area contributed by atoms with Crippen LogP contribution in [0.2, 0.25) is 0 Å². The molecule has 4 rings (SSSR count). The summed E-state index contributed by atoms with van der Waals surface area (Å²) < 4.78 is 18.9. The molecule has 1 atom stereocenters. The van der Waals surface area contributed by atoms with E-state index < -0.39 is 29.8 Å². The van der Waals surface area contributed by atoms with Gasteiger partial charge < -0.3 is 15.4 Å². The van der Waals surface area contributed by atoms with Crippen LogP contribution in [0, 0.1) is 12.7 Å². The number of aryl methyl sites for hydroxylation is 1. The Morgan fingerprint density at radius 1 is 1.26 bits per heavy atom. The Labute approximate surface area is 182 Å². The van der Waals surface area contributed by atoms with Crippen molar-refractivity contribution in [3.8, 4) is 0 Å². The van der Waals surface area contributed by atoms with Gasteiger partial charge in [-0.2, -0.15) is 0 Å². The van der Waals surface area contributed by atoms with Crippen molar-refractivity contribution in [1.82, 2.24) is 10.2 Å². The van der Waals surface area contributed by atoms with Crippen molar-refractivity contribution in [2.75, 3.05) is 24.7 Å². The summed E-state index contributed by atoms with van der Waals surface area (Å²) in [6.07, 6.45) is 1.96. The fraction of sp³-hybridized carbons (Fsp3) is 0.227. The number of rotatable bonds is 5. The number of hydrogen-bond acceptors (Lipinski definition) is 5. The number of benzene rings is 2. The molecule has 31 heavy (non-hydrogen) atoms. The molecule has 2 N–H and O–H groups in total. The highest BCUT2D eigenvalue weighted by Crippen LogP contribution is 2.35. The molecule has 0 bridgehead atoms. The third-order valence-corrected chi connectivity index (χ3v) is 5.95. The van der Waals surface area contributed by atoms with Gasteiger partial charge in [0.1, 0.15) is 19.0 Å². The zero-order chi connectivity index (χ0) is 22.1. The molecule has 0 spiro atoms. The number of ether oxygens (including phenoxy) is 1. The molecule has 0 saturated heterocycles. The normalized spacial score (nSPS) is 17.9. The molecule has 0 unspecified atom stereocenters. The van der Waals surface area contributed by atoms with E-state index in [-0.39, 0.29) is 18.8 Å². The molecule has 0 aliphatic carbocycles. The van der Waals surface area contributed by atoms with Gasteiger partial charge in [0.15, 0.2) is 0 Å². The van der Waals surface area contributed by atoms with Crippen molar-refractivity contribution in [2.24, 2.45) is 0 Å². The molecule has 0 fully saturated rings. The van der Waals surface area contributed by atoms with Crippen molar-refractivity contribution in [3.63, 3.8) is 0 Å². The smallest absolute Gasteiger partial charge is 0.338 e. The minimum Gasteiger partial charge on any atom is -0.456 e. The van der Waals surface area contributed by atoms with E-state index in [9.17, 15) is 18.8 Å². The van der Waals surface area contributed by atoms with Crippen molar-refractivity contribution in [2.45, 2.75) is 17.9 Å². The lowest BCUT2D eigenvalue weighted by atomic mass is 9.96. The molecule has 0 aromatic heterocycles. The van der Waals surface area contributed by atoms with Crippen LogP contribution in [0.4, 0.5) is 14.9 Å². The molecule has 2 aromatic rings. The SMILES string of the molecule is CSc1ccc([C@H]2NC(=O)N(CC(=O)Nc3ccc(C)c(F)c3)C3=C2C(=O)OC3)cc1. The van der Waals surface area contributed by atoms with Crippen molar-refractivity contribution >= 4 is 35.4 Å². The van der Waals surface area contributed by atoms with Crippen LogP contribution < -0.4 is 10.6 Å². The Morgan fingerprint density at radius 3 is 2.68 bits per heavy atom. The summed E-state index contributed by atoms with van der Waals surface area (Å²) in [5, 5.41) is 5.36. The van der Waals surface area contributed by atoms with Gasteiger partial charge in [0, 0.05) is 10.6 Å².